The van der Waals surface area contributed by atoms with E-state index in [1.165, 1.54) is 6.07 Å². The van der Waals surface area contributed by atoms with Crippen molar-refractivity contribution in [2.75, 3.05) is 17.7 Å². The number of aromatic nitrogens is 5. The molecule has 0 radical (unpaired) electrons. The van der Waals surface area contributed by atoms with Crippen LogP contribution in [-0.2, 0) is 7.05 Å². The number of rotatable bonds is 6. The van der Waals surface area contributed by atoms with Gasteiger partial charge < -0.3 is 15.8 Å². The van der Waals surface area contributed by atoms with E-state index in [0.29, 0.717) is 18.2 Å². The average Bonchev–Trinajstić information content (AvgIpc) is 3.01. The lowest BCUT2D eigenvalue weighted by Crippen LogP contribution is -2.05. The van der Waals surface area contributed by atoms with Crippen molar-refractivity contribution in [2.45, 2.75) is 13.3 Å². The first-order chi connectivity index (χ1) is 12.5. The smallest absolute Gasteiger partial charge is 0.297 e. The molecule has 26 heavy (non-hydrogen) atoms. The molecule has 3 aromatic heterocycles. The number of aryl methyl sites for hydroxylation is 1. The Bertz CT molecular complexity index is 913. The van der Waals surface area contributed by atoms with Gasteiger partial charge in [0.1, 0.15) is 23.2 Å². The second-order valence-corrected chi connectivity index (χ2v) is 5.36. The Morgan fingerprint density at radius 1 is 1.23 bits per heavy atom. The zero-order chi connectivity index (χ0) is 18.7. The van der Waals surface area contributed by atoms with Crippen molar-refractivity contribution < 1.29 is 13.5 Å². The molecule has 3 heterocycles. The molecule has 8 nitrogen and oxygen atoms in total. The number of nitrogens with two attached hydrogens (primary N) is 1. The van der Waals surface area contributed by atoms with E-state index in [-0.39, 0.29) is 11.6 Å². The Balaban J connectivity index is 1.93. The van der Waals surface area contributed by atoms with E-state index in [1.807, 2.05) is 20.2 Å². The van der Waals surface area contributed by atoms with E-state index in [9.17, 15) is 8.78 Å². The molecule has 0 aliphatic rings. The molecule has 0 bridgehead atoms. The predicted molar refractivity (Wildman–Crippen MR) is 92.3 cm³/mol. The number of nitrogens with one attached hydrogen (secondary N) is 1. The van der Waals surface area contributed by atoms with Crippen molar-refractivity contribution in [1.82, 2.24) is 24.7 Å². The van der Waals surface area contributed by atoms with Crippen LogP contribution in [0, 0.1) is 0 Å². The molecule has 0 saturated heterocycles. The van der Waals surface area contributed by atoms with Gasteiger partial charge in [0, 0.05) is 42.7 Å². The lowest BCUT2D eigenvalue weighted by Gasteiger charge is -2.12. The summed E-state index contributed by atoms with van der Waals surface area (Å²) >= 11 is 0. The van der Waals surface area contributed by atoms with Crippen LogP contribution in [0.15, 0.2) is 30.7 Å². The van der Waals surface area contributed by atoms with Crippen LogP contribution in [0.25, 0.3) is 11.1 Å². The van der Waals surface area contributed by atoms with Gasteiger partial charge in [0.05, 0.1) is 12.8 Å². The Morgan fingerprint density at radius 3 is 2.69 bits per heavy atom. The predicted octanol–water partition coefficient (Wildman–Crippen LogP) is 2.93. The number of hydrogen-bond acceptors (Lipinski definition) is 7. The van der Waals surface area contributed by atoms with Crippen LogP contribution in [0.5, 0.6) is 5.75 Å². The molecule has 0 amide bonds. The van der Waals surface area contributed by atoms with Gasteiger partial charge in [0.15, 0.2) is 5.82 Å². The second kappa shape index (κ2) is 7.30. The van der Waals surface area contributed by atoms with Gasteiger partial charge in [-0.3, -0.25) is 4.68 Å². The van der Waals surface area contributed by atoms with E-state index in [0.717, 1.165) is 11.1 Å². The largest absolute Gasteiger partial charge is 0.493 e. The van der Waals surface area contributed by atoms with Gasteiger partial charge in [-0.25, -0.2) is 23.7 Å². The molecule has 0 aliphatic heterocycles. The van der Waals surface area contributed by atoms with Gasteiger partial charge in [0.2, 0.25) is 0 Å². The quantitative estimate of drug-likeness (QED) is 0.695. The number of nitrogen functional groups attached to an aromatic ring is 1. The first-order valence-electron chi connectivity index (χ1n) is 7.77. The highest BCUT2D eigenvalue weighted by atomic mass is 19.3. The summed E-state index contributed by atoms with van der Waals surface area (Å²) in [6, 6.07) is 3.01. The summed E-state index contributed by atoms with van der Waals surface area (Å²) in [5.41, 5.74) is 7.17. The van der Waals surface area contributed by atoms with Crippen molar-refractivity contribution >= 4 is 17.5 Å². The fourth-order valence-corrected chi connectivity index (χ4v) is 2.34. The zero-order valence-corrected chi connectivity index (χ0v) is 14.1. The molecular formula is C16H17F2N7O. The topological polar surface area (TPSA) is 104 Å². The van der Waals surface area contributed by atoms with Gasteiger partial charge in [-0.05, 0) is 6.92 Å². The standard InChI is InChI=1S/C16H17F2N7O/c1-3-26-11-4-13(20-7-10(11)9-6-21-25(2)8-9)23-14-5-12(19)22-16(24-14)15(17)18/h4-8,15H,3H2,1-2H3,(H3,19,20,22,23,24). The number of halogens is 2. The van der Waals surface area contributed by atoms with Crippen LogP contribution in [-0.4, -0.2) is 31.3 Å². The van der Waals surface area contributed by atoms with E-state index in [2.05, 4.69) is 25.4 Å². The maximum atomic E-state index is 12.8. The molecule has 3 N–H and O–H groups in total. The van der Waals surface area contributed by atoms with E-state index in [1.54, 1.807) is 23.1 Å². The monoisotopic (exact) mass is 361 g/mol. The summed E-state index contributed by atoms with van der Waals surface area (Å²) in [6.45, 7) is 2.31. The molecule has 0 aliphatic carbocycles. The van der Waals surface area contributed by atoms with Gasteiger partial charge in [-0.2, -0.15) is 5.10 Å². The third kappa shape index (κ3) is 3.85. The van der Waals surface area contributed by atoms with Gasteiger partial charge in [0.25, 0.3) is 6.43 Å². The van der Waals surface area contributed by atoms with Crippen molar-refractivity contribution in [3.8, 4) is 16.9 Å². The number of nitrogens with zero attached hydrogens (tertiary/aromatic N) is 5. The fraction of sp³-hybridized carbons (Fsp3) is 0.250. The molecule has 10 heteroatoms. The molecule has 0 fully saturated rings. The second-order valence-electron chi connectivity index (χ2n) is 5.36. The molecule has 0 atom stereocenters. The van der Waals surface area contributed by atoms with Crippen molar-refractivity contribution in [1.29, 1.82) is 0 Å². The number of anilines is 3. The average molecular weight is 361 g/mol. The Kier molecular flexibility index (Phi) is 4.92. The van der Waals surface area contributed by atoms with Crippen LogP contribution in [0.2, 0.25) is 0 Å². The van der Waals surface area contributed by atoms with Crippen LogP contribution in [0.1, 0.15) is 19.2 Å². The normalized spacial score (nSPS) is 11.0. The van der Waals surface area contributed by atoms with Crippen molar-refractivity contribution in [2.24, 2.45) is 7.05 Å². The number of alkyl halides is 2. The van der Waals surface area contributed by atoms with Crippen LogP contribution in [0.3, 0.4) is 0 Å². The van der Waals surface area contributed by atoms with Crippen molar-refractivity contribution in [3.05, 3.63) is 36.5 Å². The maximum absolute atomic E-state index is 12.8. The van der Waals surface area contributed by atoms with E-state index < -0.39 is 12.2 Å². The van der Waals surface area contributed by atoms with Gasteiger partial charge in [-0.15, -0.1) is 0 Å². The minimum Gasteiger partial charge on any atom is -0.493 e. The van der Waals surface area contributed by atoms with Gasteiger partial charge in [-0.1, -0.05) is 0 Å². The molecule has 3 rings (SSSR count). The summed E-state index contributed by atoms with van der Waals surface area (Å²) in [7, 11) is 1.81. The first-order valence-corrected chi connectivity index (χ1v) is 7.77. The lowest BCUT2D eigenvalue weighted by atomic mass is 10.1. The van der Waals surface area contributed by atoms with Gasteiger partial charge >= 0.3 is 0 Å². The maximum Gasteiger partial charge on any atom is 0.297 e. The number of ether oxygens (including phenoxy) is 1. The summed E-state index contributed by atoms with van der Waals surface area (Å²) in [5.74, 6) is 0.365. The number of pyridine rings is 1. The molecule has 3 aromatic rings. The molecule has 0 spiro atoms. The molecule has 136 valence electrons. The summed E-state index contributed by atoms with van der Waals surface area (Å²) in [6.07, 6.45) is 2.33. The van der Waals surface area contributed by atoms with Crippen molar-refractivity contribution in [3.63, 3.8) is 0 Å². The molecule has 0 unspecified atom stereocenters. The zero-order valence-electron chi connectivity index (χ0n) is 14.1. The Morgan fingerprint density at radius 2 is 2.04 bits per heavy atom. The fourth-order valence-electron chi connectivity index (χ4n) is 2.34. The minimum absolute atomic E-state index is 0.0604. The van der Waals surface area contributed by atoms with E-state index >= 15 is 0 Å². The SMILES string of the molecule is CCOc1cc(Nc2cc(N)nc(C(F)F)n2)ncc1-c1cnn(C)c1. The van der Waals surface area contributed by atoms with Crippen LogP contribution in [0.4, 0.5) is 26.2 Å². The number of hydrogen-bond donors (Lipinski definition) is 2. The third-order valence-electron chi connectivity index (χ3n) is 3.40. The minimum atomic E-state index is -2.82. The lowest BCUT2D eigenvalue weighted by molar-refractivity contribution is 0.140. The molecular weight excluding hydrogens is 344 g/mol. The highest BCUT2D eigenvalue weighted by Gasteiger charge is 2.15. The summed E-state index contributed by atoms with van der Waals surface area (Å²) < 4.78 is 33.0. The third-order valence-corrected chi connectivity index (χ3v) is 3.40. The molecule has 0 aromatic carbocycles. The highest BCUT2D eigenvalue weighted by molar-refractivity contribution is 5.71. The highest BCUT2D eigenvalue weighted by Crippen LogP contribution is 2.32. The Labute approximate surface area is 148 Å². The first kappa shape index (κ1) is 17.5. The summed E-state index contributed by atoms with van der Waals surface area (Å²) in [4.78, 5) is 11.5. The Hall–Kier alpha value is -3.30. The van der Waals surface area contributed by atoms with Crippen LogP contribution < -0.4 is 15.8 Å². The summed E-state index contributed by atoms with van der Waals surface area (Å²) in [5, 5.41) is 6.98. The molecule has 0 saturated carbocycles. The van der Waals surface area contributed by atoms with E-state index in [4.69, 9.17) is 10.5 Å². The van der Waals surface area contributed by atoms with Crippen LogP contribution >= 0.6 is 0 Å².